The first-order valence-electron chi connectivity index (χ1n) is 6.53. The van der Waals surface area contributed by atoms with Crippen LogP contribution in [0.5, 0.6) is 0 Å². The second-order valence-electron chi connectivity index (χ2n) is 4.62. The molecule has 7 heteroatoms. The van der Waals surface area contributed by atoms with Crippen LogP contribution >= 0.6 is 22.9 Å². The van der Waals surface area contributed by atoms with Gasteiger partial charge >= 0.3 is 0 Å². The molecule has 0 atom stereocenters. The topological polar surface area (TPSA) is 68.0 Å². The Kier molecular flexibility index (Phi) is 4.22. The first-order valence-corrected chi connectivity index (χ1v) is 7.79. The van der Waals surface area contributed by atoms with E-state index in [0.717, 1.165) is 10.6 Å². The Balaban J connectivity index is 1.64. The van der Waals surface area contributed by atoms with Crippen LogP contribution in [0, 0.1) is 6.92 Å². The molecule has 0 spiro atoms. The summed E-state index contributed by atoms with van der Waals surface area (Å²) in [4.78, 5) is 16.0. The van der Waals surface area contributed by atoms with Gasteiger partial charge in [0.2, 0.25) is 0 Å². The Morgan fingerprint density at radius 3 is 2.82 bits per heavy atom. The average molecular weight is 334 g/mol. The fourth-order valence-electron chi connectivity index (χ4n) is 1.87. The fraction of sp³-hybridized carbons (Fsp3) is 0.133. The second kappa shape index (κ2) is 6.29. The Labute approximate surface area is 135 Å². The molecule has 22 heavy (non-hydrogen) atoms. The van der Waals surface area contributed by atoms with E-state index in [9.17, 15) is 4.79 Å². The number of hydrogen-bond acceptors (Lipinski definition) is 5. The molecule has 0 aliphatic rings. The van der Waals surface area contributed by atoms with Gasteiger partial charge in [-0.15, -0.1) is 11.3 Å². The van der Waals surface area contributed by atoms with Crippen molar-refractivity contribution in [3.05, 3.63) is 57.1 Å². The molecule has 5 nitrogen and oxygen atoms in total. The van der Waals surface area contributed by atoms with E-state index in [1.807, 2.05) is 19.1 Å². The predicted molar refractivity (Wildman–Crippen MR) is 85.0 cm³/mol. The van der Waals surface area contributed by atoms with Gasteiger partial charge in [-0.2, -0.15) is 0 Å². The third-order valence-corrected chi connectivity index (χ3v) is 3.99. The third kappa shape index (κ3) is 3.35. The summed E-state index contributed by atoms with van der Waals surface area (Å²) in [6.45, 7) is 2.14. The van der Waals surface area contributed by atoms with E-state index < -0.39 is 0 Å². The Morgan fingerprint density at radius 2 is 2.14 bits per heavy atom. The van der Waals surface area contributed by atoms with E-state index in [4.69, 9.17) is 16.1 Å². The third-order valence-electron chi connectivity index (χ3n) is 2.97. The van der Waals surface area contributed by atoms with Crippen LogP contribution in [0.15, 0.2) is 40.2 Å². The van der Waals surface area contributed by atoms with Crippen LogP contribution < -0.4 is 5.32 Å². The number of aryl methyl sites for hydroxylation is 1. The monoisotopic (exact) mass is 333 g/mol. The number of nitrogens with one attached hydrogen (secondary N) is 1. The predicted octanol–water partition coefficient (Wildman–Crippen LogP) is 3.69. The summed E-state index contributed by atoms with van der Waals surface area (Å²) < 4.78 is 5.27. The number of benzene rings is 1. The Bertz CT molecular complexity index is 795. The average Bonchev–Trinajstić information content (AvgIpc) is 3.15. The molecule has 0 aliphatic heterocycles. The summed E-state index contributed by atoms with van der Waals surface area (Å²) in [5.41, 5.74) is 1.94. The van der Waals surface area contributed by atoms with Crippen molar-refractivity contribution in [1.82, 2.24) is 15.5 Å². The summed E-state index contributed by atoms with van der Waals surface area (Å²) >= 11 is 7.29. The maximum absolute atomic E-state index is 11.9. The van der Waals surface area contributed by atoms with Gasteiger partial charge in [0.05, 0.1) is 11.6 Å². The highest BCUT2D eigenvalue weighted by Crippen LogP contribution is 2.22. The molecule has 3 rings (SSSR count). The first kappa shape index (κ1) is 14.7. The zero-order valence-electron chi connectivity index (χ0n) is 11.7. The van der Waals surface area contributed by atoms with E-state index in [2.05, 4.69) is 15.5 Å². The maximum Gasteiger partial charge on any atom is 0.271 e. The van der Waals surface area contributed by atoms with Crippen molar-refractivity contribution in [2.24, 2.45) is 0 Å². The number of carbonyl (C=O) groups excluding carboxylic acids is 1. The zero-order valence-corrected chi connectivity index (χ0v) is 13.2. The van der Waals surface area contributed by atoms with Gasteiger partial charge < -0.3 is 9.84 Å². The minimum absolute atomic E-state index is 0.222. The molecule has 0 bridgehead atoms. The van der Waals surface area contributed by atoms with Crippen LogP contribution in [0.1, 0.15) is 21.2 Å². The van der Waals surface area contributed by atoms with Gasteiger partial charge in [-0.1, -0.05) is 16.8 Å². The summed E-state index contributed by atoms with van der Waals surface area (Å²) in [6.07, 6.45) is 0. The standard InChI is InChI=1S/C15H12ClN3O2S/c1-9-18-13(8-22-9)15(20)17-7-12-6-14(21-19-12)10-2-4-11(16)5-3-10/h2-6,8H,7H2,1H3,(H,17,20). The molecule has 1 N–H and O–H groups in total. The van der Waals surface area contributed by atoms with Gasteiger partial charge in [0.1, 0.15) is 11.4 Å². The van der Waals surface area contributed by atoms with Crippen molar-refractivity contribution in [2.75, 3.05) is 0 Å². The Morgan fingerprint density at radius 1 is 1.36 bits per heavy atom. The van der Waals surface area contributed by atoms with E-state index >= 15 is 0 Å². The van der Waals surface area contributed by atoms with Crippen molar-refractivity contribution in [1.29, 1.82) is 0 Å². The van der Waals surface area contributed by atoms with E-state index in [-0.39, 0.29) is 12.5 Å². The van der Waals surface area contributed by atoms with Crippen molar-refractivity contribution in [3.63, 3.8) is 0 Å². The highest BCUT2D eigenvalue weighted by atomic mass is 35.5. The van der Waals surface area contributed by atoms with Crippen molar-refractivity contribution >= 4 is 28.8 Å². The quantitative estimate of drug-likeness (QED) is 0.790. The Hall–Kier alpha value is -2.18. The number of aromatic nitrogens is 2. The van der Waals surface area contributed by atoms with Crippen LogP contribution in [0.4, 0.5) is 0 Å². The lowest BCUT2D eigenvalue weighted by molar-refractivity contribution is 0.0945. The summed E-state index contributed by atoms with van der Waals surface area (Å²) in [7, 11) is 0. The van der Waals surface area contributed by atoms with Gasteiger partial charge in [0, 0.05) is 22.0 Å². The number of nitrogens with zero attached hydrogens (tertiary/aromatic N) is 2. The number of carbonyl (C=O) groups is 1. The molecule has 1 amide bonds. The van der Waals surface area contributed by atoms with Gasteiger partial charge in [-0.05, 0) is 31.2 Å². The van der Waals surface area contributed by atoms with E-state index in [0.29, 0.717) is 22.2 Å². The van der Waals surface area contributed by atoms with Gasteiger partial charge in [0.15, 0.2) is 5.76 Å². The van der Waals surface area contributed by atoms with Crippen molar-refractivity contribution < 1.29 is 9.32 Å². The SMILES string of the molecule is Cc1nc(C(=O)NCc2cc(-c3ccc(Cl)cc3)on2)cs1. The van der Waals surface area contributed by atoms with E-state index in [1.54, 1.807) is 23.6 Å². The normalized spacial score (nSPS) is 10.6. The first-order chi connectivity index (χ1) is 10.6. The second-order valence-corrected chi connectivity index (χ2v) is 6.12. The summed E-state index contributed by atoms with van der Waals surface area (Å²) in [5.74, 6) is 0.408. The molecule has 0 saturated heterocycles. The van der Waals surface area contributed by atoms with Crippen LogP contribution in [0.2, 0.25) is 5.02 Å². The van der Waals surface area contributed by atoms with Gasteiger partial charge in [-0.25, -0.2) is 4.98 Å². The number of hydrogen-bond donors (Lipinski definition) is 1. The van der Waals surface area contributed by atoms with E-state index in [1.165, 1.54) is 11.3 Å². The lowest BCUT2D eigenvalue weighted by Crippen LogP contribution is -2.23. The summed E-state index contributed by atoms with van der Waals surface area (Å²) in [5, 5.41) is 9.96. The molecule has 0 fully saturated rings. The van der Waals surface area contributed by atoms with Crippen LogP contribution in [-0.2, 0) is 6.54 Å². The summed E-state index contributed by atoms with van der Waals surface area (Å²) in [6, 6.07) is 9.05. The lowest BCUT2D eigenvalue weighted by atomic mass is 10.1. The van der Waals surface area contributed by atoms with Gasteiger partial charge in [0.25, 0.3) is 5.91 Å². The van der Waals surface area contributed by atoms with Crippen LogP contribution in [-0.4, -0.2) is 16.0 Å². The molecular formula is C15H12ClN3O2S. The zero-order chi connectivity index (χ0) is 15.5. The fourth-order valence-corrected chi connectivity index (χ4v) is 2.59. The van der Waals surface area contributed by atoms with Crippen molar-refractivity contribution in [3.8, 4) is 11.3 Å². The highest BCUT2D eigenvalue weighted by Gasteiger charge is 2.11. The van der Waals surface area contributed by atoms with Gasteiger partial charge in [-0.3, -0.25) is 4.79 Å². The smallest absolute Gasteiger partial charge is 0.271 e. The molecule has 1 aromatic carbocycles. The molecule has 2 aromatic heterocycles. The number of halogens is 1. The molecule has 112 valence electrons. The number of thiazole rings is 1. The lowest BCUT2D eigenvalue weighted by Gasteiger charge is -1.98. The van der Waals surface area contributed by atoms with Crippen molar-refractivity contribution in [2.45, 2.75) is 13.5 Å². The minimum Gasteiger partial charge on any atom is -0.356 e. The molecule has 2 heterocycles. The number of rotatable bonds is 4. The van der Waals surface area contributed by atoms with Crippen LogP contribution in [0.3, 0.4) is 0 Å². The highest BCUT2D eigenvalue weighted by molar-refractivity contribution is 7.09. The maximum atomic E-state index is 11.9. The molecule has 0 radical (unpaired) electrons. The van der Waals surface area contributed by atoms with Crippen LogP contribution in [0.25, 0.3) is 11.3 Å². The molecule has 0 saturated carbocycles. The molecule has 3 aromatic rings. The minimum atomic E-state index is -0.222. The molecule has 0 aliphatic carbocycles. The molecule has 0 unspecified atom stereocenters. The number of amides is 1. The molecular weight excluding hydrogens is 322 g/mol. The largest absolute Gasteiger partial charge is 0.356 e.